The van der Waals surface area contributed by atoms with Gasteiger partial charge in [0, 0.05) is 5.56 Å². The van der Waals surface area contributed by atoms with Crippen LogP contribution < -0.4 is 9.64 Å². The number of nitrogens with one attached hydrogen (secondary N) is 1. The number of carbonyl (C=O) groups excluding carboxylic acids is 1. The number of likely N-dealkylation sites (N-methyl/N-ethyl adjacent to an activating group) is 1. The summed E-state index contributed by atoms with van der Waals surface area (Å²) in [6.07, 6.45) is 0. The van der Waals surface area contributed by atoms with Crippen molar-refractivity contribution in [1.29, 1.82) is 0 Å². The highest BCUT2D eigenvalue weighted by Crippen LogP contribution is 2.21. The summed E-state index contributed by atoms with van der Waals surface area (Å²) < 4.78 is 5.74. The average molecular weight is 297 g/mol. The highest BCUT2D eigenvalue weighted by atomic mass is 16.5. The molecule has 1 aliphatic heterocycles. The number of para-hydroxylation sites is 1. The minimum absolute atomic E-state index is 0.110. The number of ether oxygens (including phenoxy) is 1. The quantitative estimate of drug-likeness (QED) is 0.930. The highest BCUT2D eigenvalue weighted by molar-refractivity contribution is 5.94. The van der Waals surface area contributed by atoms with Crippen molar-refractivity contribution in [1.82, 2.24) is 4.90 Å². The summed E-state index contributed by atoms with van der Waals surface area (Å²) in [7, 11) is 2.16. The molecule has 2 aromatic rings. The van der Waals surface area contributed by atoms with Gasteiger partial charge in [-0.15, -0.1) is 0 Å². The third kappa shape index (κ3) is 3.46. The van der Waals surface area contributed by atoms with Crippen molar-refractivity contribution in [2.45, 2.75) is 0 Å². The minimum Gasteiger partial charge on any atom is -0.457 e. The Bertz CT molecular complexity index is 617. The molecule has 0 bridgehead atoms. The number of hydrogen-bond donors (Lipinski definition) is 1. The first-order chi connectivity index (χ1) is 10.7. The predicted octanol–water partition coefficient (Wildman–Crippen LogP) is 1.45. The van der Waals surface area contributed by atoms with Crippen LogP contribution in [0.2, 0.25) is 0 Å². The van der Waals surface area contributed by atoms with E-state index in [9.17, 15) is 4.79 Å². The Morgan fingerprint density at radius 2 is 1.55 bits per heavy atom. The zero-order valence-corrected chi connectivity index (χ0v) is 12.8. The SMILES string of the molecule is C[NH+]1CCN(C(=O)c2ccc(Oc3ccccc3)cc2)CC1. The number of piperazine rings is 1. The van der Waals surface area contributed by atoms with Crippen molar-refractivity contribution in [3.63, 3.8) is 0 Å². The third-order valence-electron chi connectivity index (χ3n) is 3.98. The van der Waals surface area contributed by atoms with Gasteiger partial charge in [0.15, 0.2) is 0 Å². The van der Waals surface area contributed by atoms with E-state index in [0.717, 1.165) is 43.2 Å². The van der Waals surface area contributed by atoms with E-state index < -0.39 is 0 Å². The van der Waals surface area contributed by atoms with E-state index in [1.807, 2.05) is 59.5 Å². The topological polar surface area (TPSA) is 34.0 Å². The fourth-order valence-corrected chi connectivity index (χ4v) is 2.56. The first kappa shape index (κ1) is 14.6. The zero-order chi connectivity index (χ0) is 15.4. The van der Waals surface area contributed by atoms with Gasteiger partial charge in [-0.2, -0.15) is 0 Å². The first-order valence-electron chi connectivity index (χ1n) is 7.66. The van der Waals surface area contributed by atoms with E-state index in [1.165, 1.54) is 4.90 Å². The van der Waals surface area contributed by atoms with Gasteiger partial charge in [-0.25, -0.2) is 0 Å². The van der Waals surface area contributed by atoms with Gasteiger partial charge in [0.1, 0.15) is 11.5 Å². The zero-order valence-electron chi connectivity index (χ0n) is 12.8. The number of nitrogens with zero attached hydrogens (tertiary/aromatic N) is 1. The van der Waals surface area contributed by atoms with Crippen LogP contribution in [0, 0.1) is 0 Å². The maximum Gasteiger partial charge on any atom is 0.254 e. The minimum atomic E-state index is 0.110. The first-order valence-corrected chi connectivity index (χ1v) is 7.66. The van der Waals surface area contributed by atoms with Gasteiger partial charge in [0.25, 0.3) is 5.91 Å². The summed E-state index contributed by atoms with van der Waals surface area (Å²) in [5, 5.41) is 0. The average Bonchev–Trinajstić information content (AvgIpc) is 2.57. The fraction of sp³-hybridized carbons (Fsp3) is 0.278. The molecule has 1 fully saturated rings. The summed E-state index contributed by atoms with van der Waals surface area (Å²) in [4.78, 5) is 15.9. The molecule has 1 heterocycles. The van der Waals surface area contributed by atoms with Crippen molar-refractivity contribution in [3.8, 4) is 11.5 Å². The van der Waals surface area contributed by atoms with Crippen LogP contribution in [0.15, 0.2) is 54.6 Å². The van der Waals surface area contributed by atoms with Crippen molar-refractivity contribution in [3.05, 3.63) is 60.2 Å². The molecule has 0 spiro atoms. The lowest BCUT2D eigenvalue weighted by Crippen LogP contribution is -3.12. The van der Waals surface area contributed by atoms with Gasteiger partial charge < -0.3 is 14.5 Å². The predicted molar refractivity (Wildman–Crippen MR) is 85.5 cm³/mol. The Kier molecular flexibility index (Phi) is 4.39. The van der Waals surface area contributed by atoms with Crippen LogP contribution in [-0.4, -0.2) is 44.0 Å². The number of amides is 1. The van der Waals surface area contributed by atoms with E-state index in [-0.39, 0.29) is 5.91 Å². The van der Waals surface area contributed by atoms with E-state index in [2.05, 4.69) is 7.05 Å². The summed E-state index contributed by atoms with van der Waals surface area (Å²) in [6.45, 7) is 3.68. The van der Waals surface area contributed by atoms with Gasteiger partial charge in [0.2, 0.25) is 0 Å². The van der Waals surface area contributed by atoms with Crippen LogP contribution in [0.25, 0.3) is 0 Å². The Hall–Kier alpha value is -2.33. The summed E-state index contributed by atoms with van der Waals surface area (Å²) in [5.74, 6) is 1.65. The second-order valence-corrected chi connectivity index (χ2v) is 5.69. The lowest BCUT2D eigenvalue weighted by atomic mass is 10.1. The highest BCUT2D eigenvalue weighted by Gasteiger charge is 2.22. The second kappa shape index (κ2) is 6.62. The van der Waals surface area contributed by atoms with E-state index >= 15 is 0 Å². The van der Waals surface area contributed by atoms with Crippen LogP contribution in [0.1, 0.15) is 10.4 Å². The molecule has 4 heteroatoms. The van der Waals surface area contributed by atoms with Crippen LogP contribution in [0.3, 0.4) is 0 Å². The van der Waals surface area contributed by atoms with Gasteiger partial charge in [-0.05, 0) is 36.4 Å². The second-order valence-electron chi connectivity index (χ2n) is 5.69. The third-order valence-corrected chi connectivity index (χ3v) is 3.98. The van der Waals surface area contributed by atoms with E-state index in [0.29, 0.717) is 0 Å². The Morgan fingerprint density at radius 3 is 2.18 bits per heavy atom. The lowest BCUT2D eigenvalue weighted by Gasteiger charge is -2.30. The molecule has 0 radical (unpaired) electrons. The fourth-order valence-electron chi connectivity index (χ4n) is 2.56. The Balaban J connectivity index is 1.65. The van der Waals surface area contributed by atoms with Crippen LogP contribution >= 0.6 is 0 Å². The van der Waals surface area contributed by atoms with Crippen molar-refractivity contribution in [2.75, 3.05) is 33.2 Å². The number of hydrogen-bond acceptors (Lipinski definition) is 2. The van der Waals surface area contributed by atoms with Gasteiger partial charge >= 0.3 is 0 Å². The number of rotatable bonds is 3. The Labute approximate surface area is 130 Å². The molecule has 0 saturated carbocycles. The van der Waals surface area contributed by atoms with Crippen LogP contribution in [0.5, 0.6) is 11.5 Å². The largest absolute Gasteiger partial charge is 0.457 e. The summed E-state index contributed by atoms with van der Waals surface area (Å²) in [5.41, 5.74) is 0.722. The maximum atomic E-state index is 12.5. The standard InChI is InChI=1S/C18H20N2O2/c1-19-11-13-20(14-12-19)18(21)15-7-9-17(10-8-15)22-16-5-3-2-4-6-16/h2-10H,11-14H2,1H3/p+1. The molecular formula is C18H21N2O2+. The lowest BCUT2D eigenvalue weighted by molar-refractivity contribution is -0.883. The molecule has 1 amide bonds. The number of quaternary nitrogens is 1. The molecule has 22 heavy (non-hydrogen) atoms. The molecule has 0 unspecified atom stereocenters. The van der Waals surface area contributed by atoms with Crippen LogP contribution in [0.4, 0.5) is 0 Å². The normalized spacial score (nSPS) is 15.6. The van der Waals surface area contributed by atoms with E-state index in [1.54, 1.807) is 0 Å². The summed E-state index contributed by atoms with van der Waals surface area (Å²) in [6, 6.07) is 17.0. The van der Waals surface area contributed by atoms with Crippen molar-refractivity contribution in [2.24, 2.45) is 0 Å². The molecule has 3 rings (SSSR count). The molecule has 1 aliphatic rings. The van der Waals surface area contributed by atoms with Crippen molar-refractivity contribution >= 4 is 5.91 Å². The van der Waals surface area contributed by atoms with Gasteiger partial charge in [-0.3, -0.25) is 4.79 Å². The van der Waals surface area contributed by atoms with Crippen LogP contribution in [-0.2, 0) is 0 Å². The summed E-state index contributed by atoms with van der Waals surface area (Å²) >= 11 is 0. The van der Waals surface area contributed by atoms with Crippen molar-refractivity contribution < 1.29 is 14.4 Å². The Morgan fingerprint density at radius 1 is 0.955 bits per heavy atom. The molecule has 0 atom stereocenters. The molecule has 114 valence electrons. The molecule has 1 saturated heterocycles. The molecular weight excluding hydrogens is 276 g/mol. The molecule has 0 aromatic heterocycles. The molecule has 0 aliphatic carbocycles. The molecule has 1 N–H and O–H groups in total. The van der Waals surface area contributed by atoms with E-state index in [4.69, 9.17) is 4.74 Å². The van der Waals surface area contributed by atoms with Gasteiger partial charge in [-0.1, -0.05) is 18.2 Å². The smallest absolute Gasteiger partial charge is 0.254 e. The van der Waals surface area contributed by atoms with Gasteiger partial charge in [0.05, 0.1) is 33.2 Å². The monoisotopic (exact) mass is 297 g/mol. The molecule has 4 nitrogen and oxygen atoms in total. The molecule has 2 aromatic carbocycles. The number of carbonyl (C=O) groups is 1. The number of benzene rings is 2. The maximum absolute atomic E-state index is 12.5.